The lowest BCUT2D eigenvalue weighted by atomic mass is 10.3. The number of rotatable bonds is 7. The van der Waals surface area contributed by atoms with Gasteiger partial charge in [0, 0.05) is 31.5 Å². The summed E-state index contributed by atoms with van der Waals surface area (Å²) in [5.41, 5.74) is 2.10. The largest absolute Gasteiger partial charge is 0.383 e. The Morgan fingerprint density at radius 2 is 2.08 bits per heavy atom. The zero-order valence-corrected chi connectivity index (χ0v) is 16.7. The first-order valence-electron chi connectivity index (χ1n) is 7.85. The van der Waals surface area contributed by atoms with Gasteiger partial charge in [-0.3, -0.25) is 0 Å². The quantitative estimate of drug-likeness (QED) is 0.393. The number of nitrogens with one attached hydrogen (secondary N) is 2. The number of nitrogens with zero attached hydrogens (tertiary/aromatic N) is 3. The lowest BCUT2D eigenvalue weighted by Gasteiger charge is -2.16. The Morgan fingerprint density at radius 3 is 2.75 bits per heavy atom. The molecule has 7 heteroatoms. The summed E-state index contributed by atoms with van der Waals surface area (Å²) in [4.78, 5) is 4.60. The van der Waals surface area contributed by atoms with Crippen molar-refractivity contribution in [1.82, 2.24) is 20.4 Å². The van der Waals surface area contributed by atoms with E-state index < -0.39 is 0 Å². The fraction of sp³-hybridized carbons (Fsp3) is 0.412. The third kappa shape index (κ3) is 6.48. The third-order valence-corrected chi connectivity index (χ3v) is 3.22. The SMILES string of the molecule is CCNC(=NCc1cnn(-c2ccccc2)c1)NC(C)COC.I. The van der Waals surface area contributed by atoms with Gasteiger partial charge in [0.2, 0.25) is 0 Å². The van der Waals surface area contributed by atoms with E-state index in [1.807, 2.05) is 54.3 Å². The first-order valence-corrected chi connectivity index (χ1v) is 7.85. The predicted octanol–water partition coefficient (Wildman–Crippen LogP) is 2.58. The van der Waals surface area contributed by atoms with Crippen LogP contribution in [0.25, 0.3) is 5.69 Å². The van der Waals surface area contributed by atoms with Gasteiger partial charge >= 0.3 is 0 Å². The molecule has 0 radical (unpaired) electrons. The van der Waals surface area contributed by atoms with Gasteiger partial charge < -0.3 is 15.4 Å². The Kier molecular flexibility index (Phi) is 9.39. The number of methoxy groups -OCH3 is 1. The minimum Gasteiger partial charge on any atom is -0.383 e. The molecule has 0 bridgehead atoms. The van der Waals surface area contributed by atoms with Crippen molar-refractivity contribution in [3.8, 4) is 5.69 Å². The molecule has 1 atom stereocenters. The highest BCUT2D eigenvalue weighted by atomic mass is 127. The Balaban J connectivity index is 0.00000288. The molecule has 0 saturated heterocycles. The van der Waals surface area contributed by atoms with Gasteiger partial charge in [-0.15, -0.1) is 24.0 Å². The van der Waals surface area contributed by atoms with E-state index in [1.165, 1.54) is 0 Å². The lowest BCUT2D eigenvalue weighted by molar-refractivity contribution is 0.179. The molecule has 2 N–H and O–H groups in total. The molecule has 0 aliphatic rings. The topological polar surface area (TPSA) is 63.5 Å². The summed E-state index contributed by atoms with van der Waals surface area (Å²) in [5.74, 6) is 0.782. The highest BCUT2D eigenvalue weighted by Crippen LogP contribution is 2.08. The van der Waals surface area contributed by atoms with Crippen LogP contribution in [0.3, 0.4) is 0 Å². The molecule has 1 aromatic heterocycles. The van der Waals surface area contributed by atoms with E-state index in [1.54, 1.807) is 7.11 Å². The Morgan fingerprint density at radius 1 is 1.33 bits per heavy atom. The number of para-hydroxylation sites is 1. The molecule has 1 heterocycles. The molecule has 0 fully saturated rings. The molecule has 2 rings (SSSR count). The molecular weight excluding hydrogens is 417 g/mol. The van der Waals surface area contributed by atoms with Crippen LogP contribution in [0.2, 0.25) is 0 Å². The maximum absolute atomic E-state index is 5.14. The molecule has 2 aromatic rings. The Hall–Kier alpha value is -1.61. The van der Waals surface area contributed by atoms with Gasteiger partial charge in [0.25, 0.3) is 0 Å². The average Bonchev–Trinajstić information content (AvgIpc) is 3.03. The second-order valence-corrected chi connectivity index (χ2v) is 5.32. The monoisotopic (exact) mass is 443 g/mol. The molecule has 132 valence electrons. The Labute approximate surface area is 160 Å². The number of hydrogen-bond acceptors (Lipinski definition) is 3. The summed E-state index contributed by atoms with van der Waals surface area (Å²) < 4.78 is 7.00. The van der Waals surface area contributed by atoms with Crippen LogP contribution in [-0.4, -0.2) is 42.0 Å². The van der Waals surface area contributed by atoms with Crippen LogP contribution in [0.1, 0.15) is 19.4 Å². The fourth-order valence-corrected chi connectivity index (χ4v) is 2.18. The molecule has 0 spiro atoms. The summed E-state index contributed by atoms with van der Waals surface area (Å²) in [6.07, 6.45) is 3.85. The maximum atomic E-state index is 5.14. The van der Waals surface area contributed by atoms with E-state index in [9.17, 15) is 0 Å². The first-order chi connectivity index (χ1) is 11.2. The summed E-state index contributed by atoms with van der Waals surface area (Å²) in [6, 6.07) is 10.2. The highest BCUT2D eigenvalue weighted by Gasteiger charge is 2.05. The van der Waals surface area contributed by atoms with E-state index in [-0.39, 0.29) is 30.0 Å². The van der Waals surface area contributed by atoms with Crippen LogP contribution < -0.4 is 10.6 Å². The standard InChI is InChI=1S/C17H25N5O.HI/c1-4-18-17(21-14(2)13-23-3)19-10-15-11-20-22(12-15)16-8-6-5-7-9-16;/h5-9,11-12,14H,4,10,13H2,1-3H3,(H2,18,19,21);1H. The van der Waals surface area contributed by atoms with Gasteiger partial charge in [0.05, 0.1) is 25.0 Å². The van der Waals surface area contributed by atoms with Gasteiger partial charge in [-0.25, -0.2) is 9.67 Å². The van der Waals surface area contributed by atoms with E-state index >= 15 is 0 Å². The number of benzene rings is 1. The molecule has 0 aliphatic carbocycles. The van der Waals surface area contributed by atoms with E-state index in [2.05, 4.69) is 27.6 Å². The summed E-state index contributed by atoms with van der Waals surface area (Å²) in [7, 11) is 1.69. The molecule has 1 unspecified atom stereocenters. The van der Waals surface area contributed by atoms with Crippen molar-refractivity contribution in [3.63, 3.8) is 0 Å². The van der Waals surface area contributed by atoms with Crippen LogP contribution in [0.4, 0.5) is 0 Å². The van der Waals surface area contributed by atoms with E-state index in [0.29, 0.717) is 13.2 Å². The molecular formula is C17H26IN5O. The van der Waals surface area contributed by atoms with Crippen molar-refractivity contribution in [2.24, 2.45) is 4.99 Å². The molecule has 0 aliphatic heterocycles. The van der Waals surface area contributed by atoms with Crippen molar-refractivity contribution < 1.29 is 4.74 Å². The number of aliphatic imine (C=N–C) groups is 1. The van der Waals surface area contributed by atoms with Crippen LogP contribution in [0.5, 0.6) is 0 Å². The van der Waals surface area contributed by atoms with Gasteiger partial charge in [0.1, 0.15) is 0 Å². The third-order valence-electron chi connectivity index (χ3n) is 3.22. The maximum Gasteiger partial charge on any atom is 0.191 e. The lowest BCUT2D eigenvalue weighted by Crippen LogP contribution is -2.43. The smallest absolute Gasteiger partial charge is 0.191 e. The second-order valence-electron chi connectivity index (χ2n) is 5.32. The summed E-state index contributed by atoms with van der Waals surface area (Å²) in [6.45, 7) is 6.13. The zero-order valence-electron chi connectivity index (χ0n) is 14.4. The van der Waals surface area contributed by atoms with Gasteiger partial charge in [-0.05, 0) is 26.0 Å². The number of aromatic nitrogens is 2. The summed E-state index contributed by atoms with van der Waals surface area (Å²) >= 11 is 0. The van der Waals surface area contributed by atoms with Crippen molar-refractivity contribution in [3.05, 3.63) is 48.3 Å². The summed E-state index contributed by atoms with van der Waals surface area (Å²) in [5, 5.41) is 10.9. The Bertz CT molecular complexity index is 614. The van der Waals surface area contributed by atoms with E-state index in [0.717, 1.165) is 23.8 Å². The molecule has 1 aromatic carbocycles. The second kappa shape index (κ2) is 11.0. The molecule has 6 nitrogen and oxygen atoms in total. The number of guanidine groups is 1. The van der Waals surface area contributed by atoms with Gasteiger partial charge in [0.15, 0.2) is 5.96 Å². The normalized spacial score (nSPS) is 12.4. The van der Waals surface area contributed by atoms with Crippen molar-refractivity contribution in [1.29, 1.82) is 0 Å². The van der Waals surface area contributed by atoms with Gasteiger partial charge in [-0.1, -0.05) is 18.2 Å². The fourth-order valence-electron chi connectivity index (χ4n) is 2.18. The number of halogens is 1. The van der Waals surface area contributed by atoms with Crippen LogP contribution in [0, 0.1) is 0 Å². The van der Waals surface area contributed by atoms with Crippen molar-refractivity contribution in [2.45, 2.75) is 26.4 Å². The van der Waals surface area contributed by atoms with Crippen molar-refractivity contribution in [2.75, 3.05) is 20.3 Å². The minimum absolute atomic E-state index is 0. The van der Waals surface area contributed by atoms with Crippen molar-refractivity contribution >= 4 is 29.9 Å². The highest BCUT2D eigenvalue weighted by molar-refractivity contribution is 14.0. The average molecular weight is 443 g/mol. The number of ether oxygens (including phenoxy) is 1. The molecule has 0 amide bonds. The zero-order chi connectivity index (χ0) is 16.5. The van der Waals surface area contributed by atoms with Crippen LogP contribution >= 0.6 is 24.0 Å². The van der Waals surface area contributed by atoms with Crippen LogP contribution in [-0.2, 0) is 11.3 Å². The molecule has 0 saturated carbocycles. The molecule has 24 heavy (non-hydrogen) atoms. The number of hydrogen-bond donors (Lipinski definition) is 2. The van der Waals surface area contributed by atoms with Gasteiger partial charge in [-0.2, -0.15) is 5.10 Å². The first kappa shape index (κ1) is 20.4. The van der Waals surface area contributed by atoms with E-state index in [4.69, 9.17) is 4.74 Å². The minimum atomic E-state index is 0. The predicted molar refractivity (Wildman–Crippen MR) is 108 cm³/mol. The van der Waals surface area contributed by atoms with Crippen LogP contribution in [0.15, 0.2) is 47.7 Å².